The molecular weight excluding hydrogens is 238 g/mol. The Morgan fingerprint density at radius 3 is 2.78 bits per heavy atom. The van der Waals surface area contributed by atoms with Gasteiger partial charge in [-0.2, -0.15) is 5.10 Å². The van der Waals surface area contributed by atoms with Gasteiger partial charge in [0.15, 0.2) is 0 Å². The van der Waals surface area contributed by atoms with Gasteiger partial charge in [-0.1, -0.05) is 0 Å². The van der Waals surface area contributed by atoms with Gasteiger partial charge in [-0.25, -0.2) is 5.10 Å². The Bertz CT molecular complexity index is 463. The van der Waals surface area contributed by atoms with E-state index in [0.29, 0.717) is 12.8 Å². The molecule has 1 heterocycles. The largest absolute Gasteiger partial charge is 0.481 e. The third-order valence-corrected chi connectivity index (χ3v) is 2.32. The van der Waals surface area contributed by atoms with Gasteiger partial charge in [-0.05, 0) is 25.8 Å². The van der Waals surface area contributed by atoms with Crippen LogP contribution in [0, 0.1) is 0 Å². The number of aliphatic carboxylic acids is 1. The van der Waals surface area contributed by atoms with Crippen LogP contribution in [0.25, 0.3) is 0 Å². The third-order valence-electron chi connectivity index (χ3n) is 2.32. The van der Waals surface area contributed by atoms with Gasteiger partial charge < -0.3 is 10.4 Å². The summed E-state index contributed by atoms with van der Waals surface area (Å²) in [6.07, 6.45) is 1.15. The molecule has 1 atom stereocenters. The maximum atomic E-state index is 11.7. The lowest BCUT2D eigenvalue weighted by atomic mass is 10.1. The number of carbonyl (C=O) groups excluding carboxylic acids is 1. The molecule has 1 amide bonds. The molecule has 0 aliphatic carbocycles. The van der Waals surface area contributed by atoms with Crippen LogP contribution in [0.2, 0.25) is 0 Å². The lowest BCUT2D eigenvalue weighted by molar-refractivity contribution is -0.137. The van der Waals surface area contributed by atoms with Crippen molar-refractivity contribution in [2.75, 3.05) is 0 Å². The van der Waals surface area contributed by atoms with Crippen LogP contribution in [0.5, 0.6) is 0 Å². The molecule has 0 bridgehead atoms. The highest BCUT2D eigenvalue weighted by molar-refractivity contribution is 5.92. The summed E-state index contributed by atoms with van der Waals surface area (Å²) in [6, 6.07) is 2.40. The van der Waals surface area contributed by atoms with E-state index in [1.807, 2.05) is 0 Å². The van der Waals surface area contributed by atoms with Gasteiger partial charge in [-0.3, -0.25) is 14.4 Å². The molecule has 7 nitrogen and oxygen atoms in total. The zero-order valence-electron chi connectivity index (χ0n) is 9.97. The van der Waals surface area contributed by atoms with Gasteiger partial charge in [0.1, 0.15) is 5.69 Å². The van der Waals surface area contributed by atoms with Crippen molar-refractivity contribution >= 4 is 11.9 Å². The fraction of sp³-hybridized carbons (Fsp3) is 0.455. The Hall–Kier alpha value is -2.18. The Balaban J connectivity index is 2.42. The van der Waals surface area contributed by atoms with Gasteiger partial charge in [-0.15, -0.1) is 0 Å². The zero-order chi connectivity index (χ0) is 13.5. The summed E-state index contributed by atoms with van der Waals surface area (Å²) in [5, 5.41) is 16.9. The van der Waals surface area contributed by atoms with Crippen molar-refractivity contribution in [3.8, 4) is 0 Å². The Morgan fingerprint density at radius 2 is 2.22 bits per heavy atom. The number of nitrogens with zero attached hydrogens (tertiary/aromatic N) is 1. The molecule has 7 heteroatoms. The number of hydrogen-bond donors (Lipinski definition) is 3. The van der Waals surface area contributed by atoms with Gasteiger partial charge in [0.2, 0.25) is 0 Å². The number of aromatic amines is 1. The molecule has 1 unspecified atom stereocenters. The second-order valence-corrected chi connectivity index (χ2v) is 3.97. The van der Waals surface area contributed by atoms with Crippen molar-refractivity contribution in [3.05, 3.63) is 28.2 Å². The highest BCUT2D eigenvalue weighted by atomic mass is 16.4. The van der Waals surface area contributed by atoms with Crippen LogP contribution in [0.4, 0.5) is 0 Å². The molecule has 0 radical (unpaired) electrons. The number of rotatable bonds is 6. The number of hydrogen-bond acceptors (Lipinski definition) is 4. The predicted octanol–water partition coefficient (Wildman–Crippen LogP) is 0.143. The van der Waals surface area contributed by atoms with Crippen molar-refractivity contribution in [1.29, 1.82) is 0 Å². The van der Waals surface area contributed by atoms with Crippen molar-refractivity contribution < 1.29 is 14.7 Å². The van der Waals surface area contributed by atoms with Gasteiger partial charge in [0, 0.05) is 18.5 Å². The molecule has 0 aliphatic heterocycles. The maximum Gasteiger partial charge on any atom is 0.303 e. The monoisotopic (exact) mass is 253 g/mol. The Labute approximate surface area is 103 Å². The summed E-state index contributed by atoms with van der Waals surface area (Å²) in [5.74, 6) is -1.25. The molecule has 3 N–H and O–H groups in total. The highest BCUT2D eigenvalue weighted by Gasteiger charge is 2.11. The van der Waals surface area contributed by atoms with E-state index in [2.05, 4.69) is 15.5 Å². The fourth-order valence-corrected chi connectivity index (χ4v) is 1.40. The third kappa shape index (κ3) is 4.77. The second kappa shape index (κ2) is 6.53. The number of nitrogens with one attached hydrogen (secondary N) is 2. The van der Waals surface area contributed by atoms with E-state index in [4.69, 9.17) is 5.11 Å². The molecule has 0 spiro atoms. The lowest BCUT2D eigenvalue weighted by Crippen LogP contribution is -2.33. The van der Waals surface area contributed by atoms with Crippen molar-refractivity contribution in [2.24, 2.45) is 0 Å². The normalized spacial score (nSPS) is 11.8. The number of carbonyl (C=O) groups is 2. The molecule has 1 rings (SSSR count). The van der Waals surface area contributed by atoms with Crippen LogP contribution in [0.15, 0.2) is 16.9 Å². The molecule has 0 saturated carbocycles. The zero-order valence-corrected chi connectivity index (χ0v) is 9.97. The average Bonchev–Trinajstić information content (AvgIpc) is 2.29. The van der Waals surface area contributed by atoms with E-state index in [9.17, 15) is 14.4 Å². The summed E-state index contributed by atoms with van der Waals surface area (Å²) in [4.78, 5) is 32.7. The molecular formula is C11H15N3O4. The number of aromatic nitrogens is 2. The summed E-state index contributed by atoms with van der Waals surface area (Å²) in [5.41, 5.74) is -0.249. The molecule has 18 heavy (non-hydrogen) atoms. The summed E-state index contributed by atoms with van der Waals surface area (Å²) >= 11 is 0. The van der Waals surface area contributed by atoms with Gasteiger partial charge in [0.05, 0.1) is 0 Å². The van der Waals surface area contributed by atoms with E-state index in [0.717, 1.165) is 0 Å². The van der Waals surface area contributed by atoms with Crippen LogP contribution in [0.1, 0.15) is 36.7 Å². The van der Waals surface area contributed by atoms with Crippen molar-refractivity contribution in [3.63, 3.8) is 0 Å². The van der Waals surface area contributed by atoms with Crippen LogP contribution >= 0.6 is 0 Å². The van der Waals surface area contributed by atoms with Gasteiger partial charge >= 0.3 is 5.97 Å². The SMILES string of the molecule is CC(CCCC(=O)O)NC(=O)c1ccc(=O)[nH]n1. The number of amides is 1. The Kier molecular flexibility index (Phi) is 5.04. The molecule has 1 aromatic heterocycles. The molecule has 0 saturated heterocycles. The van der Waals surface area contributed by atoms with Crippen LogP contribution in [-0.4, -0.2) is 33.2 Å². The van der Waals surface area contributed by atoms with Crippen LogP contribution in [-0.2, 0) is 4.79 Å². The number of carboxylic acids is 1. The smallest absolute Gasteiger partial charge is 0.303 e. The fourth-order valence-electron chi connectivity index (χ4n) is 1.40. The van der Waals surface area contributed by atoms with E-state index in [1.165, 1.54) is 12.1 Å². The lowest BCUT2D eigenvalue weighted by Gasteiger charge is -2.12. The van der Waals surface area contributed by atoms with E-state index in [1.54, 1.807) is 6.92 Å². The first kappa shape index (κ1) is 13.9. The molecule has 0 aromatic carbocycles. The minimum absolute atomic E-state index is 0.0805. The van der Waals surface area contributed by atoms with E-state index in [-0.39, 0.29) is 23.7 Å². The van der Waals surface area contributed by atoms with E-state index < -0.39 is 11.9 Å². The molecule has 1 aromatic rings. The number of H-pyrrole nitrogens is 1. The quantitative estimate of drug-likeness (QED) is 0.667. The summed E-state index contributed by atoms with van der Waals surface area (Å²) in [7, 11) is 0. The minimum Gasteiger partial charge on any atom is -0.481 e. The summed E-state index contributed by atoms with van der Waals surface area (Å²) < 4.78 is 0. The van der Waals surface area contributed by atoms with Gasteiger partial charge in [0.25, 0.3) is 11.5 Å². The molecule has 98 valence electrons. The minimum atomic E-state index is -0.851. The Morgan fingerprint density at radius 1 is 1.50 bits per heavy atom. The first-order valence-electron chi connectivity index (χ1n) is 5.57. The molecule has 0 aliphatic rings. The number of carboxylic acid groups (broad SMARTS) is 1. The second-order valence-electron chi connectivity index (χ2n) is 3.97. The van der Waals surface area contributed by atoms with Crippen LogP contribution < -0.4 is 10.9 Å². The summed E-state index contributed by atoms with van der Waals surface area (Å²) in [6.45, 7) is 1.78. The first-order chi connectivity index (χ1) is 8.49. The van der Waals surface area contributed by atoms with E-state index >= 15 is 0 Å². The van der Waals surface area contributed by atoms with Crippen molar-refractivity contribution in [1.82, 2.24) is 15.5 Å². The standard InChI is InChI=1S/C11H15N3O4/c1-7(3-2-4-10(16)17)12-11(18)8-5-6-9(15)14-13-8/h5-7H,2-4H2,1H3,(H,12,18)(H,14,15)(H,16,17). The maximum absolute atomic E-state index is 11.7. The highest BCUT2D eigenvalue weighted by Crippen LogP contribution is 2.01. The van der Waals surface area contributed by atoms with Crippen LogP contribution in [0.3, 0.4) is 0 Å². The van der Waals surface area contributed by atoms with Crippen molar-refractivity contribution in [2.45, 2.75) is 32.2 Å². The topological polar surface area (TPSA) is 112 Å². The average molecular weight is 253 g/mol. The first-order valence-corrected chi connectivity index (χ1v) is 5.57. The predicted molar refractivity (Wildman–Crippen MR) is 63.3 cm³/mol. The molecule has 0 fully saturated rings.